The first-order chi connectivity index (χ1) is 20.1. The summed E-state index contributed by atoms with van der Waals surface area (Å²) in [6, 6.07) is 8.25. The van der Waals surface area contributed by atoms with Gasteiger partial charge in [-0.05, 0) is 65.8 Å². The summed E-state index contributed by atoms with van der Waals surface area (Å²) in [5.74, 6) is -0.975. The number of aliphatic hydroxyl groups excluding tert-OH is 3. The monoisotopic (exact) mass is 698 g/mol. The van der Waals surface area contributed by atoms with E-state index in [1.165, 1.54) is 43.2 Å². The van der Waals surface area contributed by atoms with E-state index in [1.807, 2.05) is 22.6 Å². The van der Waals surface area contributed by atoms with Crippen molar-refractivity contribution in [3.05, 3.63) is 68.6 Å². The number of amides is 2. The average molecular weight is 699 g/mol. The van der Waals surface area contributed by atoms with E-state index >= 15 is 0 Å². The number of Topliss-reactive ketones (excluding diaryl/α,β-unsaturated/α-hetero) is 1. The smallest absolute Gasteiger partial charge is 0.247 e. The molecule has 0 aliphatic heterocycles. The number of ether oxygens (including phenoxy) is 2. The van der Waals surface area contributed by atoms with Crippen LogP contribution in [0.1, 0.15) is 43.7 Å². The molecule has 0 saturated carbocycles. The van der Waals surface area contributed by atoms with E-state index in [2.05, 4.69) is 5.32 Å². The summed E-state index contributed by atoms with van der Waals surface area (Å²) in [5, 5.41) is 33.0. The largest absolute Gasteiger partial charge is 0.493 e. The highest BCUT2D eigenvalue weighted by Crippen LogP contribution is 2.37. The Bertz CT molecular complexity index is 1300. The van der Waals surface area contributed by atoms with E-state index < -0.39 is 35.9 Å². The maximum Gasteiger partial charge on any atom is 0.247 e. The van der Waals surface area contributed by atoms with Crippen molar-refractivity contribution in [2.24, 2.45) is 0 Å². The quantitative estimate of drug-likeness (QED) is 0.221. The standard InChI is InChI=1S/C30H36FIN2O8/c1-18(37)6-5-9-27(38)34(16-20-7-3-4-8-22(20)31)24-14-21(30(40)33-10-11-35)15-25(28(24)39)42-29-23(32)12-19(17-36)13-26(29)41-2/h3-4,7-8,12-13,15,24-25,28,35-36,39H,5-6,9-11,14,16-17H2,1-2H3,(H,33,40)/t24-,25+,28+/m1/s1. The second kappa shape index (κ2) is 16.0. The fraction of sp³-hybridized carbons (Fsp3) is 0.433. The Balaban J connectivity index is 2.04. The molecule has 0 heterocycles. The van der Waals surface area contributed by atoms with E-state index in [-0.39, 0.29) is 74.7 Å². The van der Waals surface area contributed by atoms with Crippen molar-refractivity contribution in [2.45, 2.75) is 64.0 Å². The molecular weight excluding hydrogens is 662 g/mol. The first-order valence-corrected chi connectivity index (χ1v) is 14.6. The van der Waals surface area contributed by atoms with Gasteiger partial charge in [-0.2, -0.15) is 0 Å². The summed E-state index contributed by atoms with van der Waals surface area (Å²) >= 11 is 2.01. The average Bonchev–Trinajstić information content (AvgIpc) is 2.97. The Morgan fingerprint density at radius 3 is 2.55 bits per heavy atom. The van der Waals surface area contributed by atoms with Crippen LogP contribution in [-0.4, -0.2) is 76.3 Å². The van der Waals surface area contributed by atoms with Gasteiger partial charge in [-0.1, -0.05) is 18.2 Å². The lowest BCUT2D eigenvalue weighted by Gasteiger charge is -2.41. The molecule has 0 radical (unpaired) electrons. The van der Waals surface area contributed by atoms with Gasteiger partial charge in [0.05, 0.1) is 29.9 Å². The molecule has 228 valence electrons. The van der Waals surface area contributed by atoms with Crippen molar-refractivity contribution in [3.63, 3.8) is 0 Å². The fourth-order valence-electron chi connectivity index (χ4n) is 4.73. The van der Waals surface area contributed by atoms with Crippen LogP contribution < -0.4 is 14.8 Å². The molecule has 10 nitrogen and oxygen atoms in total. The number of rotatable bonds is 14. The van der Waals surface area contributed by atoms with Gasteiger partial charge in [-0.3, -0.25) is 9.59 Å². The maximum atomic E-state index is 14.7. The molecule has 0 unspecified atom stereocenters. The predicted octanol–water partition coefficient (Wildman–Crippen LogP) is 2.63. The van der Waals surface area contributed by atoms with Gasteiger partial charge in [0.15, 0.2) is 11.5 Å². The number of ketones is 1. The first kappa shape index (κ1) is 33.4. The molecule has 3 rings (SSSR count). The van der Waals surface area contributed by atoms with Crippen molar-refractivity contribution in [2.75, 3.05) is 20.3 Å². The van der Waals surface area contributed by atoms with Crippen LogP contribution in [0.2, 0.25) is 0 Å². The van der Waals surface area contributed by atoms with Gasteiger partial charge in [-0.15, -0.1) is 0 Å². The Morgan fingerprint density at radius 1 is 1.17 bits per heavy atom. The predicted molar refractivity (Wildman–Crippen MR) is 160 cm³/mol. The van der Waals surface area contributed by atoms with Crippen molar-refractivity contribution >= 4 is 40.2 Å². The normalized spacial score (nSPS) is 18.2. The molecule has 0 spiro atoms. The Morgan fingerprint density at radius 2 is 1.90 bits per heavy atom. The van der Waals surface area contributed by atoms with Gasteiger partial charge >= 0.3 is 0 Å². The van der Waals surface area contributed by atoms with Crippen LogP contribution in [0.3, 0.4) is 0 Å². The number of halogens is 2. The Hall–Kier alpha value is -3.07. The van der Waals surface area contributed by atoms with E-state index in [1.54, 1.807) is 18.2 Å². The van der Waals surface area contributed by atoms with Crippen molar-refractivity contribution in [1.29, 1.82) is 0 Å². The molecule has 1 aliphatic rings. The second-order valence-electron chi connectivity index (χ2n) is 9.95. The van der Waals surface area contributed by atoms with Crippen LogP contribution in [-0.2, 0) is 27.5 Å². The zero-order valence-corrected chi connectivity index (χ0v) is 25.7. The minimum Gasteiger partial charge on any atom is -0.493 e. The fourth-order valence-corrected chi connectivity index (χ4v) is 5.52. The SMILES string of the molecule is COc1cc(CO)cc(I)c1O[C@H]1C=C(C(=O)NCCO)C[C@@H](N(Cc2ccccc2F)C(=O)CCCC(C)=O)[C@@H]1O. The molecule has 2 amide bonds. The van der Waals surface area contributed by atoms with E-state index in [0.29, 0.717) is 14.9 Å². The highest BCUT2D eigenvalue weighted by Gasteiger charge is 2.41. The molecule has 2 aromatic carbocycles. The zero-order valence-electron chi connectivity index (χ0n) is 23.5. The number of nitrogens with zero attached hydrogens (tertiary/aromatic N) is 1. The van der Waals surface area contributed by atoms with Crippen LogP contribution in [0.15, 0.2) is 48.0 Å². The van der Waals surface area contributed by atoms with E-state index in [0.717, 1.165) is 0 Å². The van der Waals surface area contributed by atoms with Crippen LogP contribution in [0.4, 0.5) is 4.39 Å². The van der Waals surface area contributed by atoms with Gasteiger partial charge in [0, 0.05) is 43.5 Å². The number of hydrogen-bond acceptors (Lipinski definition) is 8. The molecule has 12 heteroatoms. The Labute approximate surface area is 257 Å². The van der Waals surface area contributed by atoms with Crippen LogP contribution >= 0.6 is 22.6 Å². The van der Waals surface area contributed by atoms with Crippen LogP contribution in [0.25, 0.3) is 0 Å². The third-order valence-electron chi connectivity index (χ3n) is 6.88. The number of carbonyl (C=O) groups is 3. The topological polar surface area (TPSA) is 146 Å². The second-order valence-corrected chi connectivity index (χ2v) is 11.1. The molecular formula is C30H36FIN2O8. The van der Waals surface area contributed by atoms with Crippen molar-refractivity contribution in [1.82, 2.24) is 10.2 Å². The summed E-state index contributed by atoms with van der Waals surface area (Å²) in [6.07, 6.45) is -0.637. The summed E-state index contributed by atoms with van der Waals surface area (Å²) in [7, 11) is 1.43. The van der Waals surface area contributed by atoms with E-state index in [4.69, 9.17) is 9.47 Å². The highest BCUT2D eigenvalue weighted by atomic mass is 127. The molecule has 1 aliphatic carbocycles. The summed E-state index contributed by atoms with van der Waals surface area (Å²) in [6.45, 7) is 0.723. The number of hydrogen-bond donors (Lipinski definition) is 4. The van der Waals surface area contributed by atoms with Gasteiger partial charge in [0.2, 0.25) is 11.8 Å². The number of aliphatic hydroxyl groups is 3. The summed E-state index contributed by atoms with van der Waals surface area (Å²) < 4.78 is 27.0. The molecule has 4 N–H and O–H groups in total. The van der Waals surface area contributed by atoms with Gasteiger partial charge in [0.1, 0.15) is 23.8 Å². The Kier molecular flexibility index (Phi) is 12.7. The summed E-state index contributed by atoms with van der Waals surface area (Å²) in [5.41, 5.74) is 1.01. The van der Waals surface area contributed by atoms with Crippen molar-refractivity contribution in [3.8, 4) is 11.5 Å². The van der Waals surface area contributed by atoms with Crippen LogP contribution in [0.5, 0.6) is 11.5 Å². The first-order valence-electron chi connectivity index (χ1n) is 13.5. The number of methoxy groups -OCH3 is 1. The third kappa shape index (κ3) is 8.72. The lowest BCUT2D eigenvalue weighted by Crippen LogP contribution is -2.55. The minimum atomic E-state index is -1.35. The molecule has 0 bridgehead atoms. The highest BCUT2D eigenvalue weighted by molar-refractivity contribution is 14.1. The third-order valence-corrected chi connectivity index (χ3v) is 7.68. The maximum absolute atomic E-state index is 14.7. The molecule has 2 aromatic rings. The van der Waals surface area contributed by atoms with E-state index in [9.17, 15) is 34.1 Å². The minimum absolute atomic E-state index is 0.00776. The molecule has 0 aromatic heterocycles. The van der Waals surface area contributed by atoms with Gasteiger partial charge in [0.25, 0.3) is 0 Å². The molecule has 3 atom stereocenters. The van der Waals surface area contributed by atoms with Gasteiger partial charge < -0.3 is 39.8 Å². The number of carbonyl (C=O) groups excluding carboxylic acids is 3. The molecule has 0 fully saturated rings. The van der Waals surface area contributed by atoms with Gasteiger partial charge in [-0.25, -0.2) is 4.39 Å². The lowest BCUT2D eigenvalue weighted by molar-refractivity contribution is -0.139. The van der Waals surface area contributed by atoms with Crippen LogP contribution in [0, 0.1) is 9.39 Å². The van der Waals surface area contributed by atoms with Crippen molar-refractivity contribution < 1.29 is 43.6 Å². The number of nitrogens with one attached hydrogen (secondary N) is 1. The molecule has 42 heavy (non-hydrogen) atoms. The summed E-state index contributed by atoms with van der Waals surface area (Å²) in [4.78, 5) is 39.5. The molecule has 0 saturated heterocycles. The zero-order chi connectivity index (χ0) is 30.8. The number of benzene rings is 2. The lowest BCUT2D eigenvalue weighted by atomic mass is 9.87.